The highest BCUT2D eigenvalue weighted by molar-refractivity contribution is 5.94. The van der Waals surface area contributed by atoms with Crippen molar-refractivity contribution in [3.8, 4) is 11.1 Å². The third kappa shape index (κ3) is 5.38. The fourth-order valence-electron chi connectivity index (χ4n) is 10.6. The van der Waals surface area contributed by atoms with Crippen molar-refractivity contribution in [2.75, 3.05) is 16.3 Å². The van der Waals surface area contributed by atoms with Crippen molar-refractivity contribution in [3.05, 3.63) is 203 Å². The molecule has 0 saturated heterocycles. The van der Waals surface area contributed by atoms with Crippen LogP contribution in [0.2, 0.25) is 0 Å². The Balaban J connectivity index is 1.01. The van der Waals surface area contributed by atoms with E-state index in [1.807, 2.05) is 0 Å². The molecule has 7 aromatic rings. The Morgan fingerprint density at radius 2 is 1.12 bits per heavy atom. The van der Waals surface area contributed by atoms with Crippen LogP contribution in [-0.2, 0) is 16.2 Å². The van der Waals surface area contributed by atoms with Crippen molar-refractivity contribution in [2.45, 2.75) is 71.1 Å². The Labute approximate surface area is 344 Å². The molecule has 286 valence electrons. The zero-order valence-electron chi connectivity index (χ0n) is 34.9. The van der Waals surface area contributed by atoms with Crippen LogP contribution in [0, 0.1) is 0 Å². The van der Waals surface area contributed by atoms with Crippen molar-refractivity contribution >= 4 is 44.8 Å². The van der Waals surface area contributed by atoms with Gasteiger partial charge in [-0.15, -0.1) is 0 Å². The van der Waals surface area contributed by atoms with Crippen LogP contribution in [0.4, 0.5) is 28.4 Å². The third-order valence-corrected chi connectivity index (χ3v) is 13.8. The molecule has 0 N–H and O–H groups in total. The standard InChI is InChI=1S/C56H52N2/c1-8-45-43(22-17-33-57(41-20-10-9-11-21-41)42-30-27-37-18-12-13-19-38(37)34-42)44-31-28-39(35-49(44)54(45,2)3)40-29-32-52-50(36-40)56(6,7)48-25-16-24-47-53(48)58(52)51-26-15-14-23-46(51)55(47,4)5/h9-32,34-36H,8,33H2,1-7H3/b22-17-. The predicted molar refractivity (Wildman–Crippen MR) is 248 cm³/mol. The van der Waals surface area contributed by atoms with Gasteiger partial charge in [-0.1, -0.05) is 169 Å². The first-order chi connectivity index (χ1) is 28.0. The molecule has 2 nitrogen and oxygen atoms in total. The van der Waals surface area contributed by atoms with Gasteiger partial charge < -0.3 is 9.80 Å². The highest BCUT2D eigenvalue weighted by atomic mass is 15.2. The fraction of sp³-hybridized carbons (Fsp3) is 0.214. The van der Waals surface area contributed by atoms with E-state index in [1.165, 1.54) is 94.9 Å². The third-order valence-electron chi connectivity index (χ3n) is 13.8. The van der Waals surface area contributed by atoms with Crippen molar-refractivity contribution in [1.29, 1.82) is 0 Å². The molecule has 0 saturated carbocycles. The van der Waals surface area contributed by atoms with Gasteiger partial charge in [-0.25, -0.2) is 0 Å². The number of anilines is 5. The molecule has 2 aliphatic heterocycles. The lowest BCUT2D eigenvalue weighted by molar-refractivity contribution is 0.597. The van der Waals surface area contributed by atoms with E-state index in [1.54, 1.807) is 0 Å². The summed E-state index contributed by atoms with van der Waals surface area (Å²) in [6, 6.07) is 56.6. The van der Waals surface area contributed by atoms with Gasteiger partial charge in [-0.05, 0) is 116 Å². The molecule has 0 unspecified atom stereocenters. The van der Waals surface area contributed by atoms with Crippen LogP contribution in [0.15, 0.2) is 169 Å². The molecule has 0 fully saturated rings. The summed E-state index contributed by atoms with van der Waals surface area (Å²) in [5.41, 5.74) is 19.7. The summed E-state index contributed by atoms with van der Waals surface area (Å²) in [4.78, 5) is 4.97. The van der Waals surface area contributed by atoms with Crippen molar-refractivity contribution in [2.24, 2.45) is 0 Å². The van der Waals surface area contributed by atoms with Gasteiger partial charge in [0.2, 0.25) is 0 Å². The van der Waals surface area contributed by atoms with Crippen molar-refractivity contribution < 1.29 is 0 Å². The molecule has 1 aliphatic carbocycles. The summed E-state index contributed by atoms with van der Waals surface area (Å²) < 4.78 is 0. The zero-order valence-corrected chi connectivity index (χ0v) is 34.9. The van der Waals surface area contributed by atoms with E-state index < -0.39 is 0 Å². The van der Waals surface area contributed by atoms with Gasteiger partial charge >= 0.3 is 0 Å². The number of allylic oxidation sites excluding steroid dienone is 3. The SMILES string of the molecule is CCC1=C(/C=C\CN(c2ccccc2)c2ccc3ccccc3c2)c2ccc(-c3ccc4c(c3)C(C)(C)c3cccc5c3N4c3ccccc3C5(C)C)cc2C1(C)C. The normalized spacial score (nSPS) is 16.6. The minimum Gasteiger partial charge on any atom is -0.338 e. The number of benzene rings is 7. The van der Waals surface area contributed by atoms with E-state index >= 15 is 0 Å². The van der Waals surface area contributed by atoms with E-state index in [0.29, 0.717) is 0 Å². The quantitative estimate of drug-likeness (QED) is 0.160. The van der Waals surface area contributed by atoms with E-state index in [4.69, 9.17) is 0 Å². The molecule has 2 heteroatoms. The summed E-state index contributed by atoms with van der Waals surface area (Å²) in [5.74, 6) is 0. The van der Waals surface area contributed by atoms with Gasteiger partial charge in [0.25, 0.3) is 0 Å². The predicted octanol–water partition coefficient (Wildman–Crippen LogP) is 15.1. The Kier molecular flexibility index (Phi) is 8.26. The molecule has 2 heterocycles. The average Bonchev–Trinajstić information content (AvgIpc) is 3.46. The van der Waals surface area contributed by atoms with Gasteiger partial charge in [0, 0.05) is 34.2 Å². The molecule has 58 heavy (non-hydrogen) atoms. The van der Waals surface area contributed by atoms with E-state index in [-0.39, 0.29) is 16.2 Å². The van der Waals surface area contributed by atoms with E-state index in [9.17, 15) is 0 Å². The topological polar surface area (TPSA) is 6.48 Å². The molecule has 0 radical (unpaired) electrons. The molecule has 3 aliphatic rings. The maximum atomic E-state index is 2.55. The summed E-state index contributed by atoms with van der Waals surface area (Å²) in [6.45, 7) is 17.5. The van der Waals surface area contributed by atoms with Gasteiger partial charge in [-0.2, -0.15) is 0 Å². The van der Waals surface area contributed by atoms with Crippen LogP contribution in [-0.4, -0.2) is 6.54 Å². The Morgan fingerprint density at radius 1 is 0.500 bits per heavy atom. The van der Waals surface area contributed by atoms with E-state index in [0.717, 1.165) is 13.0 Å². The van der Waals surface area contributed by atoms with Crippen LogP contribution >= 0.6 is 0 Å². The highest BCUT2D eigenvalue weighted by Gasteiger charge is 2.45. The van der Waals surface area contributed by atoms with Crippen LogP contribution in [0.1, 0.15) is 88.3 Å². The van der Waals surface area contributed by atoms with Crippen LogP contribution < -0.4 is 9.80 Å². The fourth-order valence-corrected chi connectivity index (χ4v) is 10.6. The zero-order chi connectivity index (χ0) is 40.0. The van der Waals surface area contributed by atoms with Crippen molar-refractivity contribution in [3.63, 3.8) is 0 Å². The molecule has 0 atom stereocenters. The second-order valence-corrected chi connectivity index (χ2v) is 18.0. The van der Waals surface area contributed by atoms with Crippen LogP contribution in [0.3, 0.4) is 0 Å². The van der Waals surface area contributed by atoms with Gasteiger partial charge in [-0.3, -0.25) is 0 Å². The summed E-state index contributed by atoms with van der Waals surface area (Å²) >= 11 is 0. The number of rotatable bonds is 7. The first-order valence-corrected chi connectivity index (χ1v) is 21.0. The highest BCUT2D eigenvalue weighted by Crippen LogP contribution is 2.60. The first kappa shape index (κ1) is 36.2. The Bertz CT molecular complexity index is 2830. The van der Waals surface area contributed by atoms with Crippen LogP contribution in [0.25, 0.3) is 27.5 Å². The van der Waals surface area contributed by atoms with E-state index in [2.05, 4.69) is 222 Å². The number of para-hydroxylation sites is 3. The first-order valence-electron chi connectivity index (χ1n) is 21.0. The number of fused-ring (bicyclic) bond motifs is 6. The minimum absolute atomic E-state index is 0.0790. The Hall–Kier alpha value is -6.12. The van der Waals surface area contributed by atoms with Gasteiger partial charge in [0.05, 0.1) is 17.1 Å². The van der Waals surface area contributed by atoms with Gasteiger partial charge in [0.1, 0.15) is 0 Å². The van der Waals surface area contributed by atoms with Gasteiger partial charge in [0.15, 0.2) is 0 Å². The smallest absolute Gasteiger partial charge is 0.0543 e. The minimum atomic E-state index is -0.166. The van der Waals surface area contributed by atoms with Crippen molar-refractivity contribution in [1.82, 2.24) is 0 Å². The molecular weight excluding hydrogens is 701 g/mol. The lowest BCUT2D eigenvalue weighted by Crippen LogP contribution is -2.38. The average molecular weight is 753 g/mol. The molecular formula is C56H52N2. The number of hydrogen-bond donors (Lipinski definition) is 0. The molecule has 0 aromatic heterocycles. The lowest BCUT2D eigenvalue weighted by Gasteiger charge is -2.49. The molecule has 0 amide bonds. The molecule has 0 spiro atoms. The maximum Gasteiger partial charge on any atom is 0.0543 e. The lowest BCUT2D eigenvalue weighted by atomic mass is 9.66. The monoisotopic (exact) mass is 752 g/mol. The number of hydrogen-bond acceptors (Lipinski definition) is 2. The second kappa shape index (κ2) is 13.2. The maximum absolute atomic E-state index is 2.55. The molecule has 10 rings (SSSR count). The number of nitrogens with zero attached hydrogens (tertiary/aromatic N) is 2. The molecule has 0 bridgehead atoms. The second-order valence-electron chi connectivity index (χ2n) is 18.0. The summed E-state index contributed by atoms with van der Waals surface area (Å²) in [7, 11) is 0. The Morgan fingerprint density at radius 3 is 1.88 bits per heavy atom. The van der Waals surface area contributed by atoms with Crippen LogP contribution in [0.5, 0.6) is 0 Å². The largest absolute Gasteiger partial charge is 0.338 e. The molecule has 7 aromatic carbocycles. The summed E-state index contributed by atoms with van der Waals surface area (Å²) in [6.07, 6.45) is 5.77. The summed E-state index contributed by atoms with van der Waals surface area (Å²) in [5, 5.41) is 2.52.